The summed E-state index contributed by atoms with van der Waals surface area (Å²) in [6.07, 6.45) is 2.19. The molecule has 0 aromatic carbocycles. The van der Waals surface area contributed by atoms with E-state index in [1.807, 2.05) is 0 Å². The molecule has 0 atom stereocenters. The van der Waals surface area contributed by atoms with Crippen molar-refractivity contribution >= 4 is 0 Å². The molecule has 0 saturated heterocycles. The van der Waals surface area contributed by atoms with Gasteiger partial charge < -0.3 is 15.8 Å². The minimum Gasteiger partial charge on any atom is -0.381 e. The minimum atomic E-state index is 0.718. The Bertz CT molecular complexity index is 61.1. The summed E-state index contributed by atoms with van der Waals surface area (Å²) in [6.45, 7) is 6.51. The molecule has 0 bridgehead atoms. The second kappa shape index (κ2) is 9.88. The van der Waals surface area contributed by atoms with Crippen LogP contribution in [0.1, 0.15) is 19.8 Å². The quantitative estimate of drug-likeness (QED) is 0.504. The predicted octanol–water partition coefficient (Wildman–Crippen LogP) is 0.351. The second-order valence-electron chi connectivity index (χ2n) is 2.50. The van der Waals surface area contributed by atoms with Crippen LogP contribution in [0, 0.1) is 0 Å². The summed E-state index contributed by atoms with van der Waals surface area (Å²) < 4.78 is 5.29. The van der Waals surface area contributed by atoms with Crippen LogP contribution in [0.4, 0.5) is 0 Å². The molecule has 3 N–H and O–H groups in total. The Morgan fingerprint density at radius 1 is 1.27 bits per heavy atom. The Balaban J connectivity index is 2.69. The molecule has 0 unspecified atom stereocenters. The van der Waals surface area contributed by atoms with Crippen LogP contribution in [0.15, 0.2) is 0 Å². The van der Waals surface area contributed by atoms with Gasteiger partial charge in [0, 0.05) is 26.3 Å². The predicted molar refractivity (Wildman–Crippen MR) is 47.7 cm³/mol. The van der Waals surface area contributed by atoms with Crippen molar-refractivity contribution in [3.63, 3.8) is 0 Å². The van der Waals surface area contributed by atoms with Gasteiger partial charge in [-0.25, -0.2) is 0 Å². The Morgan fingerprint density at radius 3 is 2.73 bits per heavy atom. The zero-order valence-electron chi connectivity index (χ0n) is 7.44. The molecule has 0 aliphatic carbocycles. The standard InChI is InChI=1S/C8H20N2O/c1-2-7-11-8-3-5-10-6-4-9/h10H,2-9H2,1H3. The molecule has 68 valence electrons. The molecule has 11 heavy (non-hydrogen) atoms. The first kappa shape index (κ1) is 10.9. The summed E-state index contributed by atoms with van der Waals surface area (Å²) in [5, 5.41) is 3.21. The highest BCUT2D eigenvalue weighted by atomic mass is 16.5. The molecule has 0 spiro atoms. The van der Waals surface area contributed by atoms with Crippen LogP contribution in [0.25, 0.3) is 0 Å². The van der Waals surface area contributed by atoms with Crippen molar-refractivity contribution in [1.82, 2.24) is 5.32 Å². The van der Waals surface area contributed by atoms with Crippen LogP contribution in [0.5, 0.6) is 0 Å². The van der Waals surface area contributed by atoms with Gasteiger partial charge in [-0.3, -0.25) is 0 Å². The van der Waals surface area contributed by atoms with Gasteiger partial charge >= 0.3 is 0 Å². The number of ether oxygens (including phenoxy) is 1. The molecule has 0 saturated carbocycles. The van der Waals surface area contributed by atoms with E-state index in [0.717, 1.165) is 45.7 Å². The Kier molecular flexibility index (Phi) is 9.77. The van der Waals surface area contributed by atoms with E-state index in [0.29, 0.717) is 0 Å². The lowest BCUT2D eigenvalue weighted by Crippen LogP contribution is -2.24. The van der Waals surface area contributed by atoms with Gasteiger partial charge in [0.05, 0.1) is 0 Å². The smallest absolute Gasteiger partial charge is 0.0478 e. The molecule has 0 rings (SSSR count). The Morgan fingerprint density at radius 2 is 2.09 bits per heavy atom. The van der Waals surface area contributed by atoms with E-state index < -0.39 is 0 Å². The first-order valence-corrected chi connectivity index (χ1v) is 4.40. The molecule has 0 fully saturated rings. The fraction of sp³-hybridized carbons (Fsp3) is 1.00. The van der Waals surface area contributed by atoms with E-state index >= 15 is 0 Å². The number of nitrogens with one attached hydrogen (secondary N) is 1. The molecule has 0 aromatic rings. The first-order valence-electron chi connectivity index (χ1n) is 4.40. The zero-order chi connectivity index (χ0) is 8.36. The third-order valence-corrected chi connectivity index (χ3v) is 1.31. The van der Waals surface area contributed by atoms with E-state index in [4.69, 9.17) is 10.5 Å². The van der Waals surface area contributed by atoms with Crippen molar-refractivity contribution in [1.29, 1.82) is 0 Å². The number of hydrogen-bond donors (Lipinski definition) is 2. The molecule has 0 aromatic heterocycles. The fourth-order valence-corrected chi connectivity index (χ4v) is 0.773. The monoisotopic (exact) mass is 160 g/mol. The Hall–Kier alpha value is -0.120. The molecule has 0 aliphatic heterocycles. The van der Waals surface area contributed by atoms with Gasteiger partial charge in [-0.05, 0) is 19.4 Å². The summed E-state index contributed by atoms with van der Waals surface area (Å²) in [6, 6.07) is 0. The molecule has 0 heterocycles. The molecule has 0 aliphatic rings. The van der Waals surface area contributed by atoms with Gasteiger partial charge in [-0.1, -0.05) is 6.92 Å². The summed E-state index contributed by atoms with van der Waals surface area (Å²) in [7, 11) is 0. The molecular weight excluding hydrogens is 140 g/mol. The normalized spacial score (nSPS) is 10.4. The maximum Gasteiger partial charge on any atom is 0.0478 e. The summed E-state index contributed by atoms with van der Waals surface area (Å²) >= 11 is 0. The average molecular weight is 160 g/mol. The maximum absolute atomic E-state index is 5.30. The molecule has 0 amide bonds. The summed E-state index contributed by atoms with van der Waals surface area (Å²) in [5.41, 5.74) is 5.30. The highest BCUT2D eigenvalue weighted by molar-refractivity contribution is 4.46. The number of hydrogen-bond acceptors (Lipinski definition) is 3. The van der Waals surface area contributed by atoms with Gasteiger partial charge in [0.15, 0.2) is 0 Å². The molecular formula is C8H20N2O. The van der Waals surface area contributed by atoms with Crippen molar-refractivity contribution in [3.8, 4) is 0 Å². The maximum atomic E-state index is 5.30. The van der Waals surface area contributed by atoms with E-state index in [1.54, 1.807) is 0 Å². The lowest BCUT2D eigenvalue weighted by atomic mass is 10.4. The van der Waals surface area contributed by atoms with E-state index in [-0.39, 0.29) is 0 Å². The van der Waals surface area contributed by atoms with Crippen molar-refractivity contribution < 1.29 is 4.74 Å². The van der Waals surface area contributed by atoms with E-state index in [1.165, 1.54) is 0 Å². The topological polar surface area (TPSA) is 47.3 Å². The van der Waals surface area contributed by atoms with Crippen molar-refractivity contribution in [3.05, 3.63) is 0 Å². The van der Waals surface area contributed by atoms with E-state index in [9.17, 15) is 0 Å². The Labute approximate surface area is 69.3 Å². The van der Waals surface area contributed by atoms with Crippen LogP contribution < -0.4 is 11.1 Å². The summed E-state index contributed by atoms with van der Waals surface area (Å²) in [4.78, 5) is 0. The van der Waals surface area contributed by atoms with Gasteiger partial charge in [0.2, 0.25) is 0 Å². The molecule has 3 nitrogen and oxygen atoms in total. The largest absolute Gasteiger partial charge is 0.381 e. The van der Waals surface area contributed by atoms with Crippen LogP contribution in [-0.2, 0) is 4.74 Å². The van der Waals surface area contributed by atoms with Crippen molar-refractivity contribution in [2.45, 2.75) is 19.8 Å². The van der Waals surface area contributed by atoms with Crippen LogP contribution in [-0.4, -0.2) is 32.8 Å². The number of nitrogens with two attached hydrogens (primary N) is 1. The van der Waals surface area contributed by atoms with Crippen LogP contribution >= 0.6 is 0 Å². The molecule has 3 heteroatoms. The highest BCUT2D eigenvalue weighted by Crippen LogP contribution is 1.83. The van der Waals surface area contributed by atoms with Crippen molar-refractivity contribution in [2.75, 3.05) is 32.8 Å². The third kappa shape index (κ3) is 9.88. The average Bonchev–Trinajstić information content (AvgIpc) is 2.03. The van der Waals surface area contributed by atoms with Gasteiger partial charge in [0.1, 0.15) is 0 Å². The van der Waals surface area contributed by atoms with Crippen molar-refractivity contribution in [2.24, 2.45) is 5.73 Å². The SMILES string of the molecule is CCCOCCCNCCN. The summed E-state index contributed by atoms with van der Waals surface area (Å²) in [5.74, 6) is 0. The zero-order valence-corrected chi connectivity index (χ0v) is 7.44. The lowest BCUT2D eigenvalue weighted by Gasteiger charge is -2.03. The molecule has 0 radical (unpaired) electrons. The third-order valence-electron chi connectivity index (χ3n) is 1.31. The first-order chi connectivity index (χ1) is 5.41. The minimum absolute atomic E-state index is 0.718. The van der Waals surface area contributed by atoms with Gasteiger partial charge in [0.25, 0.3) is 0 Å². The highest BCUT2D eigenvalue weighted by Gasteiger charge is 1.86. The van der Waals surface area contributed by atoms with Gasteiger partial charge in [-0.2, -0.15) is 0 Å². The second-order valence-corrected chi connectivity index (χ2v) is 2.50. The fourth-order valence-electron chi connectivity index (χ4n) is 0.773. The lowest BCUT2D eigenvalue weighted by molar-refractivity contribution is 0.132. The number of rotatable bonds is 8. The van der Waals surface area contributed by atoms with Gasteiger partial charge in [-0.15, -0.1) is 0 Å². The van der Waals surface area contributed by atoms with Crippen LogP contribution in [0.3, 0.4) is 0 Å². The van der Waals surface area contributed by atoms with Crippen LogP contribution in [0.2, 0.25) is 0 Å². The van der Waals surface area contributed by atoms with E-state index in [2.05, 4.69) is 12.2 Å².